The summed E-state index contributed by atoms with van der Waals surface area (Å²) >= 11 is 5.93. The number of carboxylic acids is 1. The van der Waals surface area contributed by atoms with Crippen molar-refractivity contribution in [2.24, 2.45) is 0 Å². The van der Waals surface area contributed by atoms with E-state index in [1.165, 1.54) is 6.33 Å². The van der Waals surface area contributed by atoms with Gasteiger partial charge in [-0.3, -0.25) is 4.79 Å². The highest BCUT2D eigenvalue weighted by Crippen LogP contribution is 2.22. The predicted octanol–water partition coefficient (Wildman–Crippen LogP) is 2.56. The summed E-state index contributed by atoms with van der Waals surface area (Å²) in [6.07, 6.45) is 2.15. The van der Waals surface area contributed by atoms with Gasteiger partial charge in [-0.2, -0.15) is 0 Å². The van der Waals surface area contributed by atoms with Crippen molar-refractivity contribution in [3.63, 3.8) is 0 Å². The molecule has 6 heteroatoms. The van der Waals surface area contributed by atoms with E-state index in [1.807, 2.05) is 6.07 Å². The maximum Gasteiger partial charge on any atom is 0.303 e. The molecule has 94 valence electrons. The molecule has 1 aromatic heterocycles. The molecule has 0 saturated heterocycles. The van der Waals surface area contributed by atoms with Crippen LogP contribution >= 0.6 is 11.6 Å². The number of rotatable bonds is 5. The average molecular weight is 266 g/mol. The Morgan fingerprint density at radius 2 is 2.22 bits per heavy atom. The second-order valence-corrected chi connectivity index (χ2v) is 4.24. The molecule has 18 heavy (non-hydrogen) atoms. The molecule has 0 bridgehead atoms. The molecular weight excluding hydrogens is 254 g/mol. The van der Waals surface area contributed by atoms with Gasteiger partial charge in [-0.15, -0.1) is 0 Å². The summed E-state index contributed by atoms with van der Waals surface area (Å²) < 4.78 is 0. The average Bonchev–Trinajstić information content (AvgIpc) is 2.34. The minimum atomic E-state index is -0.799. The fraction of sp³-hybridized carbons (Fsp3) is 0.250. The maximum atomic E-state index is 10.4. The molecule has 0 fully saturated rings. The quantitative estimate of drug-likeness (QED) is 0.813. The Morgan fingerprint density at radius 1 is 1.39 bits per heavy atom. The van der Waals surface area contributed by atoms with Crippen molar-refractivity contribution in [2.45, 2.75) is 12.8 Å². The molecule has 2 N–H and O–H groups in total. The van der Waals surface area contributed by atoms with Gasteiger partial charge in [0.2, 0.25) is 0 Å². The largest absolute Gasteiger partial charge is 0.481 e. The fourth-order valence-corrected chi connectivity index (χ4v) is 1.79. The van der Waals surface area contributed by atoms with Gasteiger partial charge < -0.3 is 10.4 Å². The van der Waals surface area contributed by atoms with E-state index in [-0.39, 0.29) is 6.42 Å². The van der Waals surface area contributed by atoms with Crippen LogP contribution in [-0.2, 0) is 4.79 Å². The topological polar surface area (TPSA) is 75.1 Å². The molecule has 0 unspecified atom stereocenters. The first kappa shape index (κ1) is 12.6. The van der Waals surface area contributed by atoms with Crippen molar-refractivity contribution in [2.75, 3.05) is 11.9 Å². The number of nitrogens with one attached hydrogen (secondary N) is 1. The first-order chi connectivity index (χ1) is 8.66. The number of aliphatic carboxylic acids is 1. The van der Waals surface area contributed by atoms with E-state index >= 15 is 0 Å². The summed E-state index contributed by atoms with van der Waals surface area (Å²) in [5.74, 6) is -0.125. The maximum absolute atomic E-state index is 10.4. The van der Waals surface area contributed by atoms with Gasteiger partial charge in [0.15, 0.2) is 0 Å². The highest BCUT2D eigenvalue weighted by Gasteiger charge is 2.04. The Bertz CT molecular complexity index is 574. The Kier molecular flexibility index (Phi) is 3.94. The first-order valence-electron chi connectivity index (χ1n) is 5.53. The molecule has 2 aromatic rings. The van der Waals surface area contributed by atoms with E-state index in [1.54, 1.807) is 12.1 Å². The van der Waals surface area contributed by atoms with Crippen molar-refractivity contribution < 1.29 is 9.90 Å². The zero-order chi connectivity index (χ0) is 13.0. The SMILES string of the molecule is O=C(O)CCCNc1ncnc2ccc(Cl)cc12. The standard InChI is InChI=1S/C12H12ClN3O2/c13-8-3-4-10-9(6-8)12(16-7-15-10)14-5-1-2-11(17)18/h3-4,6-7H,1-2,5H2,(H,17,18)(H,14,15,16). The summed E-state index contributed by atoms with van der Waals surface area (Å²) in [4.78, 5) is 18.7. The molecule has 0 amide bonds. The van der Waals surface area contributed by atoms with Crippen LogP contribution in [0.5, 0.6) is 0 Å². The second kappa shape index (κ2) is 5.64. The number of halogens is 1. The van der Waals surface area contributed by atoms with Crippen molar-refractivity contribution in [3.8, 4) is 0 Å². The van der Waals surface area contributed by atoms with Gasteiger partial charge in [-0.1, -0.05) is 11.6 Å². The lowest BCUT2D eigenvalue weighted by Crippen LogP contribution is -2.06. The van der Waals surface area contributed by atoms with Crippen LogP contribution in [0.1, 0.15) is 12.8 Å². The first-order valence-corrected chi connectivity index (χ1v) is 5.90. The zero-order valence-electron chi connectivity index (χ0n) is 9.56. The molecule has 0 aliphatic heterocycles. The summed E-state index contributed by atoms with van der Waals surface area (Å²) in [6.45, 7) is 0.547. The molecule has 5 nitrogen and oxygen atoms in total. The monoisotopic (exact) mass is 265 g/mol. The normalized spacial score (nSPS) is 10.5. The molecule has 1 heterocycles. The van der Waals surface area contributed by atoms with Crippen molar-refractivity contribution in [3.05, 3.63) is 29.5 Å². The third-order valence-corrected chi connectivity index (χ3v) is 2.69. The van der Waals surface area contributed by atoms with Gasteiger partial charge in [-0.25, -0.2) is 9.97 Å². The summed E-state index contributed by atoms with van der Waals surface area (Å²) in [6, 6.07) is 5.38. The van der Waals surface area contributed by atoms with Gasteiger partial charge in [-0.05, 0) is 24.6 Å². The van der Waals surface area contributed by atoms with Crippen LogP contribution in [0.3, 0.4) is 0 Å². The minimum Gasteiger partial charge on any atom is -0.481 e. The predicted molar refractivity (Wildman–Crippen MR) is 69.9 cm³/mol. The number of carbonyl (C=O) groups is 1. The lowest BCUT2D eigenvalue weighted by atomic mass is 10.2. The number of anilines is 1. The van der Waals surface area contributed by atoms with Crippen LogP contribution < -0.4 is 5.32 Å². The highest BCUT2D eigenvalue weighted by molar-refractivity contribution is 6.31. The Morgan fingerprint density at radius 3 is 3.00 bits per heavy atom. The van der Waals surface area contributed by atoms with Crippen molar-refractivity contribution in [1.29, 1.82) is 0 Å². The number of aromatic nitrogens is 2. The van der Waals surface area contributed by atoms with E-state index in [0.717, 1.165) is 10.9 Å². The molecule has 2 rings (SSSR count). The minimum absolute atomic E-state index is 0.136. The molecular formula is C12H12ClN3O2. The molecule has 0 spiro atoms. The molecule has 0 aliphatic rings. The smallest absolute Gasteiger partial charge is 0.303 e. The van der Waals surface area contributed by atoms with E-state index in [0.29, 0.717) is 23.8 Å². The lowest BCUT2D eigenvalue weighted by Gasteiger charge is -2.07. The van der Waals surface area contributed by atoms with Gasteiger partial charge in [0, 0.05) is 23.4 Å². The summed E-state index contributed by atoms with van der Waals surface area (Å²) in [5.41, 5.74) is 0.801. The number of nitrogens with zero attached hydrogens (tertiary/aromatic N) is 2. The van der Waals surface area contributed by atoms with Crippen LogP contribution in [-0.4, -0.2) is 27.6 Å². The molecule has 1 aromatic carbocycles. The van der Waals surface area contributed by atoms with Crippen molar-refractivity contribution >= 4 is 34.3 Å². The molecule has 0 saturated carbocycles. The van der Waals surface area contributed by atoms with Crippen LogP contribution in [0.15, 0.2) is 24.5 Å². The van der Waals surface area contributed by atoms with Crippen LogP contribution in [0.2, 0.25) is 5.02 Å². The molecule has 0 atom stereocenters. The number of fused-ring (bicyclic) bond motifs is 1. The number of hydrogen-bond donors (Lipinski definition) is 2. The van der Waals surface area contributed by atoms with Gasteiger partial charge in [0.05, 0.1) is 5.52 Å². The number of hydrogen-bond acceptors (Lipinski definition) is 4. The Hall–Kier alpha value is -1.88. The molecule has 0 radical (unpaired) electrons. The Balaban J connectivity index is 2.12. The van der Waals surface area contributed by atoms with Crippen LogP contribution in [0.25, 0.3) is 10.9 Å². The zero-order valence-corrected chi connectivity index (χ0v) is 10.3. The third-order valence-electron chi connectivity index (χ3n) is 2.46. The van der Waals surface area contributed by atoms with Crippen molar-refractivity contribution in [1.82, 2.24) is 9.97 Å². The van der Waals surface area contributed by atoms with E-state index in [2.05, 4.69) is 15.3 Å². The van der Waals surface area contributed by atoms with Gasteiger partial charge in [0.1, 0.15) is 12.1 Å². The number of carboxylic acid groups (broad SMARTS) is 1. The third kappa shape index (κ3) is 3.07. The highest BCUT2D eigenvalue weighted by atomic mass is 35.5. The summed E-state index contributed by atoms with van der Waals surface area (Å²) in [7, 11) is 0. The van der Waals surface area contributed by atoms with Gasteiger partial charge >= 0.3 is 5.97 Å². The van der Waals surface area contributed by atoms with Crippen LogP contribution in [0.4, 0.5) is 5.82 Å². The summed E-state index contributed by atoms with van der Waals surface area (Å²) in [5, 5.41) is 13.1. The van der Waals surface area contributed by atoms with Crippen LogP contribution in [0, 0.1) is 0 Å². The van der Waals surface area contributed by atoms with E-state index in [4.69, 9.17) is 16.7 Å². The Labute approximate surface area is 109 Å². The lowest BCUT2D eigenvalue weighted by molar-refractivity contribution is -0.137. The van der Waals surface area contributed by atoms with E-state index < -0.39 is 5.97 Å². The second-order valence-electron chi connectivity index (χ2n) is 3.81. The number of benzene rings is 1. The van der Waals surface area contributed by atoms with Gasteiger partial charge in [0.25, 0.3) is 0 Å². The fourth-order valence-electron chi connectivity index (χ4n) is 1.62. The van der Waals surface area contributed by atoms with E-state index in [9.17, 15) is 4.79 Å². The molecule has 0 aliphatic carbocycles.